The monoisotopic (exact) mass is 273 g/mol. The zero-order valence-corrected chi connectivity index (χ0v) is 12.1. The van der Waals surface area contributed by atoms with Crippen molar-refractivity contribution in [3.63, 3.8) is 0 Å². The first-order chi connectivity index (χ1) is 9.74. The van der Waals surface area contributed by atoms with Gasteiger partial charge in [-0.15, -0.1) is 0 Å². The van der Waals surface area contributed by atoms with Gasteiger partial charge in [-0.3, -0.25) is 0 Å². The van der Waals surface area contributed by atoms with Crippen molar-refractivity contribution < 1.29 is 4.42 Å². The van der Waals surface area contributed by atoms with Crippen LogP contribution in [-0.2, 0) is 0 Å². The van der Waals surface area contributed by atoms with Crippen LogP contribution in [-0.4, -0.2) is 11.0 Å². The Labute approximate surface area is 119 Å². The van der Waals surface area contributed by atoms with Gasteiger partial charge in [0, 0.05) is 11.7 Å². The predicted octanol–water partition coefficient (Wildman–Crippen LogP) is 4.18. The lowest BCUT2D eigenvalue weighted by Gasteiger charge is -2.28. The molecule has 20 heavy (non-hydrogen) atoms. The van der Waals surface area contributed by atoms with Crippen LogP contribution < -0.4 is 11.1 Å². The molecular weight excluding hydrogens is 250 g/mol. The molecular formula is C16H23N3O. The van der Waals surface area contributed by atoms with Gasteiger partial charge in [-0.05, 0) is 49.8 Å². The molecule has 0 saturated heterocycles. The Morgan fingerprint density at radius 1 is 1.30 bits per heavy atom. The van der Waals surface area contributed by atoms with E-state index in [2.05, 4.69) is 17.2 Å². The normalized spacial score (nSPS) is 23.1. The number of nitrogens with two attached hydrogens (primary N) is 1. The Kier molecular flexibility index (Phi) is 3.81. The lowest BCUT2D eigenvalue weighted by Crippen LogP contribution is -2.26. The second-order valence-corrected chi connectivity index (χ2v) is 5.90. The van der Waals surface area contributed by atoms with Gasteiger partial charge in [0.1, 0.15) is 5.52 Å². The molecule has 0 unspecified atom stereocenters. The zero-order valence-electron chi connectivity index (χ0n) is 12.1. The fraction of sp³-hybridized carbons (Fsp3) is 0.562. The average molecular weight is 273 g/mol. The molecule has 1 aliphatic carbocycles. The van der Waals surface area contributed by atoms with Crippen LogP contribution >= 0.6 is 0 Å². The fourth-order valence-corrected chi connectivity index (χ4v) is 3.18. The van der Waals surface area contributed by atoms with Crippen molar-refractivity contribution in [2.45, 2.75) is 51.5 Å². The van der Waals surface area contributed by atoms with E-state index in [0.29, 0.717) is 12.1 Å². The van der Waals surface area contributed by atoms with Gasteiger partial charge in [-0.1, -0.05) is 19.8 Å². The van der Waals surface area contributed by atoms with Gasteiger partial charge < -0.3 is 15.5 Å². The van der Waals surface area contributed by atoms with E-state index < -0.39 is 0 Å². The number of nitrogens with one attached hydrogen (secondary N) is 1. The number of oxazole rings is 1. The summed E-state index contributed by atoms with van der Waals surface area (Å²) in [5.74, 6) is 0.918. The maximum Gasteiger partial charge on any atom is 0.295 e. The van der Waals surface area contributed by atoms with Crippen LogP contribution in [0.5, 0.6) is 0 Å². The smallest absolute Gasteiger partial charge is 0.295 e. The molecule has 4 nitrogen and oxygen atoms in total. The van der Waals surface area contributed by atoms with Crippen LogP contribution in [0.15, 0.2) is 22.6 Å². The molecule has 0 spiro atoms. The summed E-state index contributed by atoms with van der Waals surface area (Å²) in [5, 5.41) is 3.43. The molecule has 3 rings (SSSR count). The van der Waals surface area contributed by atoms with Gasteiger partial charge >= 0.3 is 0 Å². The van der Waals surface area contributed by atoms with E-state index in [0.717, 1.165) is 22.7 Å². The zero-order chi connectivity index (χ0) is 13.9. The average Bonchev–Trinajstić information content (AvgIpc) is 2.82. The molecule has 0 amide bonds. The Bertz CT molecular complexity index is 570. The lowest BCUT2D eigenvalue weighted by molar-refractivity contribution is 0.316. The topological polar surface area (TPSA) is 64.1 Å². The first kappa shape index (κ1) is 13.3. The maximum atomic E-state index is 5.76. The molecule has 0 bridgehead atoms. The van der Waals surface area contributed by atoms with Crippen molar-refractivity contribution in [3.05, 3.63) is 18.2 Å². The summed E-state index contributed by atoms with van der Waals surface area (Å²) >= 11 is 0. The number of benzene rings is 1. The Morgan fingerprint density at radius 2 is 2.10 bits per heavy atom. The highest BCUT2D eigenvalue weighted by Crippen LogP contribution is 2.30. The first-order valence-electron chi connectivity index (χ1n) is 7.67. The fourth-order valence-electron chi connectivity index (χ4n) is 3.18. The summed E-state index contributed by atoms with van der Waals surface area (Å²) < 4.78 is 5.72. The van der Waals surface area contributed by atoms with E-state index in [1.165, 1.54) is 38.5 Å². The number of aromatic nitrogens is 1. The number of anilines is 2. The van der Waals surface area contributed by atoms with Crippen molar-refractivity contribution in [2.75, 3.05) is 11.1 Å². The van der Waals surface area contributed by atoms with Crippen LogP contribution in [0.2, 0.25) is 0 Å². The van der Waals surface area contributed by atoms with Gasteiger partial charge in [-0.2, -0.15) is 4.98 Å². The molecule has 0 atom stereocenters. The van der Waals surface area contributed by atoms with Crippen LogP contribution in [0.1, 0.15) is 45.4 Å². The molecule has 1 fully saturated rings. The molecule has 3 N–H and O–H groups in total. The number of nitrogens with zero attached hydrogens (tertiary/aromatic N) is 1. The Morgan fingerprint density at radius 3 is 2.85 bits per heavy atom. The highest BCUT2D eigenvalue weighted by atomic mass is 16.4. The largest absolute Gasteiger partial charge is 0.424 e. The van der Waals surface area contributed by atoms with Gasteiger partial charge in [0.2, 0.25) is 0 Å². The third-order valence-electron chi connectivity index (χ3n) is 4.28. The van der Waals surface area contributed by atoms with E-state index in [1.807, 2.05) is 18.2 Å². The molecule has 1 aliphatic rings. The van der Waals surface area contributed by atoms with Gasteiger partial charge in [0.25, 0.3) is 6.01 Å². The molecule has 1 heterocycles. The second-order valence-electron chi connectivity index (χ2n) is 5.90. The Hall–Kier alpha value is -1.71. The van der Waals surface area contributed by atoms with E-state index in [4.69, 9.17) is 10.2 Å². The molecule has 0 aliphatic heterocycles. The predicted molar refractivity (Wildman–Crippen MR) is 82.7 cm³/mol. The van der Waals surface area contributed by atoms with Crippen LogP contribution in [0.25, 0.3) is 11.1 Å². The molecule has 0 radical (unpaired) electrons. The molecule has 1 saturated carbocycles. The summed E-state index contributed by atoms with van der Waals surface area (Å²) in [4.78, 5) is 4.47. The van der Waals surface area contributed by atoms with Crippen molar-refractivity contribution >= 4 is 22.8 Å². The number of hydrogen-bond donors (Lipinski definition) is 2. The van der Waals surface area contributed by atoms with Crippen molar-refractivity contribution in [1.29, 1.82) is 0 Å². The number of fused-ring (bicyclic) bond motifs is 1. The summed E-state index contributed by atoms with van der Waals surface area (Å²) in [6, 6.07) is 6.69. The maximum absolute atomic E-state index is 5.76. The standard InChI is InChI=1S/C16H23N3O/c1-2-3-11-4-7-13(8-5-11)18-16-19-14-10-12(17)6-9-15(14)20-16/h6,9-11,13H,2-5,7-8,17H2,1H3,(H,18,19). The molecule has 4 heteroatoms. The highest BCUT2D eigenvalue weighted by molar-refractivity contribution is 5.78. The number of nitrogen functional groups attached to an aromatic ring is 1. The summed E-state index contributed by atoms with van der Waals surface area (Å²) in [6.45, 7) is 2.27. The lowest BCUT2D eigenvalue weighted by atomic mass is 9.83. The minimum atomic E-state index is 0.494. The van der Waals surface area contributed by atoms with Gasteiger partial charge in [0.15, 0.2) is 5.58 Å². The second kappa shape index (κ2) is 5.73. The molecule has 2 aromatic rings. The SMILES string of the molecule is CCCC1CCC(Nc2nc3cc(N)ccc3o2)CC1. The van der Waals surface area contributed by atoms with E-state index in [1.54, 1.807) is 0 Å². The first-order valence-corrected chi connectivity index (χ1v) is 7.67. The van der Waals surface area contributed by atoms with Crippen LogP contribution in [0.3, 0.4) is 0 Å². The molecule has 1 aromatic heterocycles. The quantitative estimate of drug-likeness (QED) is 0.820. The Balaban J connectivity index is 1.62. The van der Waals surface area contributed by atoms with E-state index in [9.17, 15) is 0 Å². The summed E-state index contributed by atoms with van der Waals surface area (Å²) in [5.41, 5.74) is 8.10. The third-order valence-corrected chi connectivity index (χ3v) is 4.28. The van der Waals surface area contributed by atoms with E-state index >= 15 is 0 Å². The van der Waals surface area contributed by atoms with Gasteiger partial charge in [-0.25, -0.2) is 0 Å². The summed E-state index contributed by atoms with van der Waals surface area (Å²) in [7, 11) is 0. The van der Waals surface area contributed by atoms with Gasteiger partial charge in [0.05, 0.1) is 0 Å². The third kappa shape index (κ3) is 2.89. The van der Waals surface area contributed by atoms with Crippen LogP contribution in [0.4, 0.5) is 11.7 Å². The van der Waals surface area contributed by atoms with E-state index in [-0.39, 0.29) is 0 Å². The van der Waals surface area contributed by atoms with Crippen molar-refractivity contribution in [1.82, 2.24) is 4.98 Å². The minimum absolute atomic E-state index is 0.494. The molecule has 1 aromatic carbocycles. The number of rotatable bonds is 4. The van der Waals surface area contributed by atoms with Crippen LogP contribution in [0, 0.1) is 5.92 Å². The number of hydrogen-bond acceptors (Lipinski definition) is 4. The highest BCUT2D eigenvalue weighted by Gasteiger charge is 2.21. The summed E-state index contributed by atoms with van der Waals surface area (Å²) in [6.07, 6.45) is 7.73. The van der Waals surface area contributed by atoms with Crippen molar-refractivity contribution in [3.8, 4) is 0 Å². The minimum Gasteiger partial charge on any atom is -0.424 e. The van der Waals surface area contributed by atoms with Crippen molar-refractivity contribution in [2.24, 2.45) is 5.92 Å². The molecule has 108 valence electrons.